The maximum Gasteiger partial charge on any atom is 0.229 e. The van der Waals surface area contributed by atoms with Gasteiger partial charge in [-0.05, 0) is 41.7 Å². The summed E-state index contributed by atoms with van der Waals surface area (Å²) in [5.74, 6) is 0.219. The van der Waals surface area contributed by atoms with E-state index < -0.39 is 10.0 Å². The standard InChI is InChI=1S/C16H16NO2S/c1-20(18,19)17-16-9-5-4-8-15(16)14-11-10-12-6-2-3-7-13(12)14/h2-7,9,14,17H,10-11H2,1H3. The second-order valence-electron chi connectivity index (χ2n) is 5.16. The number of aryl methyl sites for hydroxylation is 1. The van der Waals surface area contributed by atoms with E-state index in [1.165, 1.54) is 17.4 Å². The highest BCUT2D eigenvalue weighted by molar-refractivity contribution is 7.92. The molecule has 0 saturated heterocycles. The van der Waals surface area contributed by atoms with Gasteiger partial charge in [0, 0.05) is 5.92 Å². The summed E-state index contributed by atoms with van der Waals surface area (Å²) in [5.41, 5.74) is 4.20. The van der Waals surface area contributed by atoms with E-state index in [4.69, 9.17) is 0 Å². The molecule has 2 aromatic carbocycles. The van der Waals surface area contributed by atoms with Crippen LogP contribution in [-0.4, -0.2) is 14.7 Å². The maximum atomic E-state index is 11.5. The summed E-state index contributed by atoms with van der Waals surface area (Å²) in [6, 6.07) is 17.0. The van der Waals surface area contributed by atoms with Crippen LogP contribution in [0.2, 0.25) is 0 Å². The first-order valence-electron chi connectivity index (χ1n) is 6.61. The van der Waals surface area contributed by atoms with Crippen LogP contribution in [0.5, 0.6) is 0 Å². The summed E-state index contributed by atoms with van der Waals surface area (Å²) in [6.45, 7) is 0. The zero-order valence-electron chi connectivity index (χ0n) is 11.3. The SMILES string of the molecule is CS(=O)(=O)Nc1ccc[c]c1C1CCc2ccccc21. The molecule has 1 aliphatic carbocycles. The van der Waals surface area contributed by atoms with Crippen molar-refractivity contribution in [2.45, 2.75) is 18.8 Å². The fourth-order valence-electron chi connectivity index (χ4n) is 2.88. The van der Waals surface area contributed by atoms with E-state index in [2.05, 4.69) is 22.9 Å². The van der Waals surface area contributed by atoms with E-state index in [0.29, 0.717) is 5.69 Å². The van der Waals surface area contributed by atoms with Crippen LogP contribution >= 0.6 is 0 Å². The first-order valence-corrected chi connectivity index (χ1v) is 8.50. The number of benzene rings is 2. The molecular formula is C16H16NO2S. The van der Waals surface area contributed by atoms with Gasteiger partial charge in [-0.15, -0.1) is 0 Å². The molecule has 1 N–H and O–H groups in total. The summed E-state index contributed by atoms with van der Waals surface area (Å²) in [6.07, 6.45) is 3.20. The Bertz CT molecular complexity index is 738. The normalized spacial score (nSPS) is 17.8. The van der Waals surface area contributed by atoms with Crippen LogP contribution in [0.4, 0.5) is 5.69 Å². The molecule has 0 bridgehead atoms. The van der Waals surface area contributed by atoms with Crippen LogP contribution < -0.4 is 4.72 Å². The summed E-state index contributed by atoms with van der Waals surface area (Å²) in [4.78, 5) is 0. The van der Waals surface area contributed by atoms with Gasteiger partial charge in [-0.2, -0.15) is 0 Å². The van der Waals surface area contributed by atoms with Crippen LogP contribution in [0, 0.1) is 6.07 Å². The highest BCUT2D eigenvalue weighted by Crippen LogP contribution is 2.40. The third-order valence-electron chi connectivity index (χ3n) is 3.66. The van der Waals surface area contributed by atoms with Crippen molar-refractivity contribution in [2.24, 2.45) is 0 Å². The van der Waals surface area contributed by atoms with Crippen molar-refractivity contribution >= 4 is 15.7 Å². The number of anilines is 1. The molecule has 0 fully saturated rings. The van der Waals surface area contributed by atoms with Gasteiger partial charge in [-0.3, -0.25) is 4.72 Å². The predicted octanol–water partition coefficient (Wildman–Crippen LogP) is 2.94. The topological polar surface area (TPSA) is 46.2 Å². The Hall–Kier alpha value is -1.81. The molecule has 4 heteroatoms. The van der Waals surface area contributed by atoms with Gasteiger partial charge >= 0.3 is 0 Å². The molecule has 20 heavy (non-hydrogen) atoms. The van der Waals surface area contributed by atoms with E-state index in [-0.39, 0.29) is 5.92 Å². The Labute approximate surface area is 119 Å². The number of sulfonamides is 1. The molecule has 0 spiro atoms. The van der Waals surface area contributed by atoms with Crippen molar-refractivity contribution in [1.29, 1.82) is 0 Å². The Morgan fingerprint density at radius 3 is 2.80 bits per heavy atom. The quantitative estimate of drug-likeness (QED) is 0.943. The number of fused-ring (bicyclic) bond motifs is 1. The summed E-state index contributed by atoms with van der Waals surface area (Å²) in [7, 11) is -3.28. The van der Waals surface area contributed by atoms with Crippen LogP contribution in [0.1, 0.15) is 29.0 Å². The molecule has 0 aliphatic heterocycles. The van der Waals surface area contributed by atoms with Crippen LogP contribution in [0.25, 0.3) is 0 Å². The molecule has 1 atom stereocenters. The Morgan fingerprint density at radius 2 is 2.00 bits per heavy atom. The molecule has 3 rings (SSSR count). The fraction of sp³-hybridized carbons (Fsp3) is 0.250. The molecular weight excluding hydrogens is 270 g/mol. The Kier molecular flexibility index (Phi) is 3.26. The van der Waals surface area contributed by atoms with Crippen molar-refractivity contribution in [1.82, 2.24) is 0 Å². The van der Waals surface area contributed by atoms with E-state index in [1.54, 1.807) is 12.1 Å². The smallest absolute Gasteiger partial charge is 0.229 e. The molecule has 0 heterocycles. The van der Waals surface area contributed by atoms with E-state index >= 15 is 0 Å². The molecule has 0 aromatic heterocycles. The van der Waals surface area contributed by atoms with Gasteiger partial charge in [0.25, 0.3) is 0 Å². The van der Waals surface area contributed by atoms with Gasteiger partial charge in [0.05, 0.1) is 11.9 Å². The molecule has 1 aliphatic rings. The lowest BCUT2D eigenvalue weighted by molar-refractivity contribution is 0.606. The summed E-state index contributed by atoms with van der Waals surface area (Å²) < 4.78 is 25.6. The zero-order valence-corrected chi connectivity index (χ0v) is 12.1. The summed E-state index contributed by atoms with van der Waals surface area (Å²) in [5, 5.41) is 0. The average Bonchev–Trinajstić information content (AvgIpc) is 2.81. The number of hydrogen-bond donors (Lipinski definition) is 1. The predicted molar refractivity (Wildman–Crippen MR) is 80.4 cm³/mol. The number of rotatable bonds is 3. The minimum atomic E-state index is -3.28. The third-order valence-corrected chi connectivity index (χ3v) is 4.26. The molecule has 3 nitrogen and oxygen atoms in total. The minimum absolute atomic E-state index is 0.219. The van der Waals surface area contributed by atoms with E-state index in [9.17, 15) is 8.42 Å². The molecule has 103 valence electrons. The third kappa shape index (κ3) is 2.56. The first kappa shape index (κ1) is 13.2. The molecule has 0 amide bonds. The lowest BCUT2D eigenvalue weighted by atomic mass is 9.92. The molecule has 2 aromatic rings. The highest BCUT2D eigenvalue weighted by atomic mass is 32.2. The lowest BCUT2D eigenvalue weighted by Gasteiger charge is -2.16. The van der Waals surface area contributed by atoms with E-state index in [1.807, 2.05) is 18.2 Å². The second-order valence-corrected chi connectivity index (χ2v) is 6.91. The highest BCUT2D eigenvalue weighted by Gasteiger charge is 2.25. The Morgan fingerprint density at radius 1 is 1.20 bits per heavy atom. The largest absolute Gasteiger partial charge is 0.283 e. The van der Waals surface area contributed by atoms with Crippen LogP contribution in [0.3, 0.4) is 0 Å². The maximum absolute atomic E-state index is 11.5. The van der Waals surface area contributed by atoms with Crippen LogP contribution in [0.15, 0.2) is 42.5 Å². The van der Waals surface area contributed by atoms with Crippen molar-refractivity contribution < 1.29 is 8.42 Å². The number of nitrogens with one attached hydrogen (secondary N) is 1. The average molecular weight is 286 g/mol. The van der Waals surface area contributed by atoms with Crippen molar-refractivity contribution in [3.63, 3.8) is 0 Å². The second kappa shape index (κ2) is 4.94. The van der Waals surface area contributed by atoms with E-state index in [0.717, 1.165) is 18.4 Å². The number of hydrogen-bond acceptors (Lipinski definition) is 2. The monoisotopic (exact) mass is 286 g/mol. The minimum Gasteiger partial charge on any atom is -0.283 e. The van der Waals surface area contributed by atoms with Gasteiger partial charge in [0.15, 0.2) is 0 Å². The van der Waals surface area contributed by atoms with Gasteiger partial charge in [-0.1, -0.05) is 36.4 Å². The van der Waals surface area contributed by atoms with Gasteiger partial charge in [0.2, 0.25) is 10.0 Å². The summed E-state index contributed by atoms with van der Waals surface area (Å²) >= 11 is 0. The Balaban J connectivity index is 2.04. The zero-order chi connectivity index (χ0) is 14.2. The van der Waals surface area contributed by atoms with Gasteiger partial charge < -0.3 is 0 Å². The molecule has 1 unspecified atom stereocenters. The van der Waals surface area contributed by atoms with Crippen molar-refractivity contribution in [3.8, 4) is 0 Å². The van der Waals surface area contributed by atoms with Gasteiger partial charge in [-0.25, -0.2) is 8.42 Å². The van der Waals surface area contributed by atoms with Crippen molar-refractivity contribution in [3.05, 3.63) is 65.2 Å². The molecule has 0 saturated carbocycles. The van der Waals surface area contributed by atoms with Crippen LogP contribution in [-0.2, 0) is 16.4 Å². The lowest BCUT2D eigenvalue weighted by Crippen LogP contribution is -2.12. The molecule has 1 radical (unpaired) electrons. The first-order chi connectivity index (χ1) is 9.54. The van der Waals surface area contributed by atoms with Gasteiger partial charge in [0.1, 0.15) is 0 Å². The fourth-order valence-corrected chi connectivity index (χ4v) is 3.46. The van der Waals surface area contributed by atoms with Crippen molar-refractivity contribution in [2.75, 3.05) is 11.0 Å².